The van der Waals surface area contributed by atoms with Gasteiger partial charge in [0.1, 0.15) is 16.5 Å². The zero-order valence-electron chi connectivity index (χ0n) is 11.6. The normalized spacial score (nSPS) is 10.3. The number of benzene rings is 1. The summed E-state index contributed by atoms with van der Waals surface area (Å²) in [6.07, 6.45) is 0. The second-order valence-electron chi connectivity index (χ2n) is 4.26. The molecule has 0 aliphatic carbocycles. The fourth-order valence-electron chi connectivity index (χ4n) is 1.70. The summed E-state index contributed by atoms with van der Waals surface area (Å²) < 4.78 is 0. The predicted octanol–water partition coefficient (Wildman–Crippen LogP) is 1.31. The van der Waals surface area contributed by atoms with E-state index in [0.29, 0.717) is 23.9 Å². The summed E-state index contributed by atoms with van der Waals surface area (Å²) in [4.78, 5) is 38.7. The number of anilines is 2. The van der Waals surface area contributed by atoms with E-state index in [4.69, 9.17) is 11.5 Å². The Morgan fingerprint density at radius 2 is 1.67 bits per heavy atom. The third-order valence-electron chi connectivity index (χ3n) is 2.63. The van der Waals surface area contributed by atoms with E-state index in [1.807, 2.05) is 0 Å². The number of carbonyl (C=O) groups is 1. The number of carboxylic acids is 1. The molecule has 5 N–H and O–H groups in total. The number of aromatic carboxylic acids is 1. The van der Waals surface area contributed by atoms with Gasteiger partial charge >= 0.3 is 5.97 Å². The van der Waals surface area contributed by atoms with Crippen LogP contribution in [0, 0.1) is 20.2 Å². The summed E-state index contributed by atoms with van der Waals surface area (Å²) in [5, 5.41) is 31.1. The Bertz CT molecular complexity index is 817. The van der Waals surface area contributed by atoms with Crippen molar-refractivity contribution < 1.29 is 19.7 Å². The van der Waals surface area contributed by atoms with Crippen molar-refractivity contribution in [3.63, 3.8) is 0 Å². The van der Waals surface area contributed by atoms with E-state index in [-0.39, 0.29) is 21.7 Å². The second kappa shape index (κ2) is 6.33. The van der Waals surface area contributed by atoms with Crippen molar-refractivity contribution in [1.82, 2.24) is 9.97 Å². The van der Waals surface area contributed by atoms with Gasteiger partial charge in [0.15, 0.2) is 5.16 Å². The molecule has 2 aromatic rings. The van der Waals surface area contributed by atoms with Crippen LogP contribution in [0.4, 0.5) is 23.0 Å². The summed E-state index contributed by atoms with van der Waals surface area (Å²) in [6, 6.07) is 2.62. The number of nitro groups is 2. The highest BCUT2D eigenvalue weighted by Crippen LogP contribution is 2.39. The van der Waals surface area contributed by atoms with E-state index in [0.717, 1.165) is 0 Å². The van der Waals surface area contributed by atoms with E-state index in [1.54, 1.807) is 0 Å². The Labute approximate surface area is 136 Å². The lowest BCUT2D eigenvalue weighted by Crippen LogP contribution is -2.05. The summed E-state index contributed by atoms with van der Waals surface area (Å²) in [5.41, 5.74) is 8.85. The van der Waals surface area contributed by atoms with Gasteiger partial charge in [-0.05, 0) is 11.8 Å². The molecule has 0 saturated heterocycles. The molecule has 0 bridgehead atoms. The third-order valence-corrected chi connectivity index (χ3v) is 3.63. The molecule has 0 fully saturated rings. The maximum Gasteiger partial charge on any atom is 0.337 e. The summed E-state index contributed by atoms with van der Waals surface area (Å²) in [7, 11) is 0. The number of nitrogen functional groups attached to an aromatic ring is 2. The first-order valence-corrected chi connectivity index (χ1v) is 6.78. The van der Waals surface area contributed by atoms with Gasteiger partial charge in [-0.15, -0.1) is 0 Å². The second-order valence-corrected chi connectivity index (χ2v) is 5.24. The van der Waals surface area contributed by atoms with E-state index in [1.165, 1.54) is 6.07 Å². The Hall–Kier alpha value is -3.48. The average Bonchev–Trinajstić information content (AvgIpc) is 2.45. The molecular formula is C11H8N6O6S. The average molecular weight is 352 g/mol. The van der Waals surface area contributed by atoms with Gasteiger partial charge in [0.2, 0.25) is 0 Å². The van der Waals surface area contributed by atoms with Gasteiger partial charge in [-0.2, -0.15) is 0 Å². The minimum atomic E-state index is -1.58. The van der Waals surface area contributed by atoms with Crippen LogP contribution in [-0.2, 0) is 0 Å². The van der Waals surface area contributed by atoms with E-state index in [9.17, 15) is 30.1 Å². The quantitative estimate of drug-likeness (QED) is 0.397. The maximum atomic E-state index is 11.3. The molecule has 0 aliphatic heterocycles. The molecule has 1 heterocycles. The zero-order valence-corrected chi connectivity index (χ0v) is 12.4. The number of rotatable bonds is 5. The van der Waals surface area contributed by atoms with Gasteiger partial charge in [0, 0.05) is 12.1 Å². The highest BCUT2D eigenvalue weighted by atomic mass is 32.2. The molecule has 1 aromatic carbocycles. The van der Waals surface area contributed by atoms with E-state index in [2.05, 4.69) is 9.97 Å². The maximum absolute atomic E-state index is 11.3. The highest BCUT2D eigenvalue weighted by Gasteiger charge is 2.28. The van der Waals surface area contributed by atoms with E-state index < -0.39 is 32.8 Å². The zero-order chi connectivity index (χ0) is 18.0. The Morgan fingerprint density at radius 3 is 2.12 bits per heavy atom. The molecule has 0 amide bonds. The van der Waals surface area contributed by atoms with E-state index >= 15 is 0 Å². The van der Waals surface area contributed by atoms with Crippen molar-refractivity contribution in [2.75, 3.05) is 11.5 Å². The van der Waals surface area contributed by atoms with Crippen LogP contribution in [0.3, 0.4) is 0 Å². The van der Waals surface area contributed by atoms with Crippen molar-refractivity contribution in [3.05, 3.63) is 44.0 Å². The molecule has 13 heteroatoms. The first kappa shape index (κ1) is 16.9. The summed E-state index contributed by atoms with van der Waals surface area (Å²) in [5.74, 6) is -1.63. The minimum absolute atomic E-state index is 0.0218. The standard InChI is InChI=1S/C11H8N6O6S/c12-7-3-8(13)15-11(14-7)24-9-5(10(18)19)1-4(16(20)21)2-6(9)17(22)23/h1-3H,(H,18,19)(H4,12,13,14,15). The highest BCUT2D eigenvalue weighted by molar-refractivity contribution is 7.99. The topological polar surface area (TPSA) is 201 Å². The molecule has 0 saturated carbocycles. The van der Waals surface area contributed by atoms with Crippen molar-refractivity contribution >= 4 is 40.7 Å². The van der Waals surface area contributed by atoms with Crippen molar-refractivity contribution in [1.29, 1.82) is 0 Å². The van der Waals surface area contributed by atoms with Crippen LogP contribution in [0.15, 0.2) is 28.3 Å². The molecule has 24 heavy (non-hydrogen) atoms. The van der Waals surface area contributed by atoms with Crippen LogP contribution in [-0.4, -0.2) is 30.9 Å². The molecule has 12 nitrogen and oxygen atoms in total. The molecule has 124 valence electrons. The molecule has 0 radical (unpaired) electrons. The predicted molar refractivity (Wildman–Crippen MR) is 81.7 cm³/mol. The molecule has 2 rings (SSSR count). The number of nitrogens with two attached hydrogens (primary N) is 2. The summed E-state index contributed by atoms with van der Waals surface area (Å²) in [6.45, 7) is 0. The molecule has 0 aliphatic rings. The molecule has 1 aromatic heterocycles. The number of nitro benzene ring substituents is 2. The lowest BCUT2D eigenvalue weighted by molar-refractivity contribution is -0.396. The van der Waals surface area contributed by atoms with Crippen LogP contribution >= 0.6 is 11.8 Å². The smallest absolute Gasteiger partial charge is 0.337 e. The van der Waals surface area contributed by atoms with Crippen LogP contribution in [0.1, 0.15) is 10.4 Å². The largest absolute Gasteiger partial charge is 0.478 e. The van der Waals surface area contributed by atoms with Crippen LogP contribution in [0.5, 0.6) is 0 Å². The number of nitrogens with zero attached hydrogens (tertiary/aromatic N) is 4. The van der Waals surface area contributed by atoms with Gasteiger partial charge in [0.05, 0.1) is 21.5 Å². The van der Waals surface area contributed by atoms with Gasteiger partial charge in [-0.1, -0.05) is 0 Å². The number of hydrogen-bond donors (Lipinski definition) is 3. The molecule has 0 unspecified atom stereocenters. The van der Waals surface area contributed by atoms with Gasteiger partial charge in [-0.3, -0.25) is 20.2 Å². The van der Waals surface area contributed by atoms with Crippen LogP contribution in [0.2, 0.25) is 0 Å². The van der Waals surface area contributed by atoms with Crippen LogP contribution < -0.4 is 11.5 Å². The number of aromatic nitrogens is 2. The van der Waals surface area contributed by atoms with Crippen molar-refractivity contribution in [2.45, 2.75) is 10.1 Å². The van der Waals surface area contributed by atoms with Gasteiger partial charge in [-0.25, -0.2) is 14.8 Å². The molecule has 0 spiro atoms. The fourth-order valence-corrected chi connectivity index (χ4v) is 2.68. The third kappa shape index (κ3) is 3.46. The molecule has 0 atom stereocenters. The number of hydrogen-bond acceptors (Lipinski definition) is 10. The van der Waals surface area contributed by atoms with Crippen molar-refractivity contribution in [3.8, 4) is 0 Å². The van der Waals surface area contributed by atoms with Crippen molar-refractivity contribution in [2.24, 2.45) is 0 Å². The van der Waals surface area contributed by atoms with Gasteiger partial charge in [0.25, 0.3) is 11.4 Å². The Balaban J connectivity index is 2.68. The molecular weight excluding hydrogens is 344 g/mol. The monoisotopic (exact) mass is 352 g/mol. The first-order chi connectivity index (χ1) is 11.2. The number of non-ortho nitro benzene ring substituents is 1. The SMILES string of the molecule is Nc1cc(N)nc(Sc2c(C(=O)O)cc([N+](=O)[O-])cc2[N+](=O)[O-])n1. The number of carboxylic acid groups (broad SMARTS) is 1. The fraction of sp³-hybridized carbons (Fsp3) is 0. The Kier molecular flexibility index (Phi) is 4.45. The van der Waals surface area contributed by atoms with Crippen LogP contribution in [0.25, 0.3) is 0 Å². The lowest BCUT2D eigenvalue weighted by Gasteiger charge is -2.07. The Morgan fingerprint density at radius 1 is 1.08 bits per heavy atom. The van der Waals surface area contributed by atoms with Gasteiger partial charge < -0.3 is 16.6 Å². The minimum Gasteiger partial charge on any atom is -0.478 e. The first-order valence-electron chi connectivity index (χ1n) is 5.97. The lowest BCUT2D eigenvalue weighted by atomic mass is 10.1. The summed E-state index contributed by atoms with van der Waals surface area (Å²) >= 11 is 0.519.